The third kappa shape index (κ3) is 4.64. The molecular weight excluding hydrogens is 476 g/mol. The third-order valence-electron chi connectivity index (χ3n) is 8.02. The van der Waals surface area contributed by atoms with E-state index >= 15 is 0 Å². The van der Waals surface area contributed by atoms with Crippen LogP contribution in [0.4, 0.5) is 4.79 Å². The van der Waals surface area contributed by atoms with E-state index in [1.165, 1.54) is 10.5 Å². The Balaban J connectivity index is 1.30. The topological polar surface area (TPSA) is 91.4 Å². The fraction of sp³-hybridized carbons (Fsp3) is 0.323. The summed E-state index contributed by atoms with van der Waals surface area (Å²) in [6.07, 6.45) is 4.82. The lowest BCUT2D eigenvalue weighted by Crippen LogP contribution is -2.47. The number of hydrogen-bond acceptors (Lipinski definition) is 4. The molecule has 1 aliphatic heterocycles. The standard InChI is InChI=1S/C31H30N4O3/c32-18-22-6-8-23(9-7-22)24-16-25-19-33-35(28-10-11-28)29(25)26(17-24)20-38-21-31(27-4-2-1-3-5-27)12-14-34(15-13-31)30(36)37/h1-9,16-17,19,28H,10-15,20-21H2,(H,36,37). The Labute approximate surface area is 221 Å². The van der Waals surface area contributed by atoms with Gasteiger partial charge in [-0.1, -0.05) is 42.5 Å². The smallest absolute Gasteiger partial charge is 0.407 e. The zero-order valence-corrected chi connectivity index (χ0v) is 21.2. The maximum atomic E-state index is 11.5. The van der Waals surface area contributed by atoms with Gasteiger partial charge in [0.1, 0.15) is 0 Å². The Morgan fingerprint density at radius 1 is 1.05 bits per heavy atom. The van der Waals surface area contributed by atoms with Gasteiger partial charge in [-0.05, 0) is 66.6 Å². The predicted molar refractivity (Wildman–Crippen MR) is 145 cm³/mol. The van der Waals surface area contributed by atoms with E-state index in [1.54, 1.807) is 0 Å². The number of nitrogens with zero attached hydrogens (tertiary/aromatic N) is 4. The van der Waals surface area contributed by atoms with Gasteiger partial charge >= 0.3 is 6.09 Å². The minimum absolute atomic E-state index is 0.228. The second-order valence-electron chi connectivity index (χ2n) is 10.5. The number of benzene rings is 3. The number of amides is 1. The van der Waals surface area contributed by atoms with Gasteiger partial charge in [-0.25, -0.2) is 4.79 Å². The predicted octanol–water partition coefficient (Wildman–Crippen LogP) is 6.14. The molecule has 1 N–H and O–H groups in total. The molecule has 6 rings (SSSR count). The summed E-state index contributed by atoms with van der Waals surface area (Å²) in [6, 6.07) is 25.0. The van der Waals surface area contributed by atoms with Crippen molar-refractivity contribution in [3.05, 3.63) is 89.6 Å². The first-order valence-electron chi connectivity index (χ1n) is 13.2. The Kier molecular flexibility index (Phi) is 6.34. The van der Waals surface area contributed by atoms with Crippen molar-refractivity contribution >= 4 is 17.0 Å². The van der Waals surface area contributed by atoms with Gasteiger partial charge in [-0.3, -0.25) is 4.68 Å². The molecule has 1 amide bonds. The van der Waals surface area contributed by atoms with Crippen molar-refractivity contribution in [1.29, 1.82) is 5.26 Å². The molecule has 4 aromatic rings. The number of hydrogen-bond donors (Lipinski definition) is 1. The van der Waals surface area contributed by atoms with Crippen LogP contribution in [0.15, 0.2) is 72.9 Å². The summed E-state index contributed by atoms with van der Waals surface area (Å²) >= 11 is 0. The first-order valence-corrected chi connectivity index (χ1v) is 13.2. The number of rotatable bonds is 7. The fourth-order valence-corrected chi connectivity index (χ4v) is 5.68. The first kappa shape index (κ1) is 24.2. The average Bonchev–Trinajstić information content (AvgIpc) is 3.72. The Morgan fingerprint density at radius 3 is 2.45 bits per heavy atom. The Bertz CT molecular complexity index is 1490. The van der Waals surface area contributed by atoms with Gasteiger partial charge in [-0.2, -0.15) is 10.4 Å². The molecule has 1 aliphatic carbocycles. The summed E-state index contributed by atoms with van der Waals surface area (Å²) in [5.41, 5.74) is 5.95. The number of carboxylic acid groups (broad SMARTS) is 1. The Hall–Kier alpha value is -4.15. The average molecular weight is 507 g/mol. The number of nitriles is 1. The quantitative estimate of drug-likeness (QED) is 0.325. The molecule has 0 unspecified atom stereocenters. The summed E-state index contributed by atoms with van der Waals surface area (Å²) in [5.74, 6) is 0. The normalized spacial score (nSPS) is 16.9. The molecule has 0 radical (unpaired) electrons. The van der Waals surface area contributed by atoms with Gasteiger partial charge in [0.25, 0.3) is 0 Å². The maximum absolute atomic E-state index is 11.5. The lowest BCUT2D eigenvalue weighted by molar-refractivity contribution is 0.0372. The molecular formula is C31H30N4O3. The second kappa shape index (κ2) is 9.96. The van der Waals surface area contributed by atoms with Crippen molar-refractivity contribution in [3.8, 4) is 17.2 Å². The van der Waals surface area contributed by atoms with Crippen molar-refractivity contribution < 1.29 is 14.6 Å². The number of piperidine rings is 1. The number of ether oxygens (including phenoxy) is 1. The molecule has 0 spiro atoms. The van der Waals surface area contributed by atoms with Gasteiger partial charge in [0.2, 0.25) is 0 Å². The maximum Gasteiger partial charge on any atom is 0.407 e. The number of carbonyl (C=O) groups is 1. The van der Waals surface area contributed by atoms with Gasteiger partial charge in [-0.15, -0.1) is 0 Å². The zero-order chi connectivity index (χ0) is 26.1. The first-order chi connectivity index (χ1) is 18.6. The third-order valence-corrected chi connectivity index (χ3v) is 8.02. The van der Waals surface area contributed by atoms with Gasteiger partial charge in [0, 0.05) is 29.5 Å². The summed E-state index contributed by atoms with van der Waals surface area (Å²) in [7, 11) is 0. The number of fused-ring (bicyclic) bond motifs is 1. The molecule has 3 aromatic carbocycles. The molecule has 2 aliphatic rings. The number of aromatic nitrogens is 2. The van der Waals surface area contributed by atoms with Crippen LogP contribution in [0, 0.1) is 11.3 Å². The van der Waals surface area contributed by atoms with Crippen molar-refractivity contribution in [2.75, 3.05) is 19.7 Å². The minimum Gasteiger partial charge on any atom is -0.465 e. The highest BCUT2D eigenvalue weighted by Gasteiger charge is 2.38. The minimum atomic E-state index is -0.858. The molecule has 0 bridgehead atoms. The summed E-state index contributed by atoms with van der Waals surface area (Å²) in [5, 5.41) is 24.5. The van der Waals surface area contributed by atoms with Gasteiger partial charge in [0.05, 0.1) is 42.6 Å². The van der Waals surface area contributed by atoms with Crippen LogP contribution >= 0.6 is 0 Å². The van der Waals surface area contributed by atoms with E-state index in [0.29, 0.717) is 37.9 Å². The van der Waals surface area contributed by atoms with Crippen LogP contribution in [0.2, 0.25) is 0 Å². The van der Waals surface area contributed by atoms with E-state index < -0.39 is 6.09 Å². The van der Waals surface area contributed by atoms with Crippen molar-refractivity contribution in [1.82, 2.24) is 14.7 Å². The van der Waals surface area contributed by atoms with Crippen LogP contribution < -0.4 is 0 Å². The fourth-order valence-electron chi connectivity index (χ4n) is 5.68. The van der Waals surface area contributed by atoms with Crippen molar-refractivity contribution in [3.63, 3.8) is 0 Å². The van der Waals surface area contributed by atoms with Crippen molar-refractivity contribution in [2.24, 2.45) is 0 Å². The van der Waals surface area contributed by atoms with Gasteiger partial charge in [0.15, 0.2) is 0 Å². The zero-order valence-electron chi connectivity index (χ0n) is 21.2. The highest BCUT2D eigenvalue weighted by molar-refractivity contribution is 5.88. The SMILES string of the molecule is N#Cc1ccc(-c2cc(COCC3(c4ccccc4)CCN(C(=O)O)CC3)c3c(cnn3C3CC3)c2)cc1. The van der Waals surface area contributed by atoms with Crippen LogP contribution in [0.3, 0.4) is 0 Å². The van der Waals surface area contributed by atoms with Crippen LogP contribution in [-0.2, 0) is 16.8 Å². The molecule has 2 fully saturated rings. The van der Waals surface area contributed by atoms with Crippen LogP contribution in [0.25, 0.3) is 22.0 Å². The molecule has 38 heavy (non-hydrogen) atoms. The van der Waals surface area contributed by atoms with E-state index in [-0.39, 0.29) is 5.41 Å². The molecule has 1 aromatic heterocycles. The molecule has 192 valence electrons. The van der Waals surface area contributed by atoms with E-state index in [9.17, 15) is 15.2 Å². The largest absolute Gasteiger partial charge is 0.465 e. The van der Waals surface area contributed by atoms with E-state index in [4.69, 9.17) is 9.84 Å². The highest BCUT2D eigenvalue weighted by atomic mass is 16.5. The molecule has 1 saturated heterocycles. The van der Waals surface area contributed by atoms with Crippen LogP contribution in [0.1, 0.15) is 48.4 Å². The lowest BCUT2D eigenvalue weighted by Gasteiger charge is -2.41. The van der Waals surface area contributed by atoms with E-state index in [1.807, 2.05) is 48.7 Å². The molecule has 1 saturated carbocycles. The van der Waals surface area contributed by atoms with Gasteiger partial charge < -0.3 is 14.7 Å². The summed E-state index contributed by atoms with van der Waals surface area (Å²) in [6.45, 7) is 1.96. The van der Waals surface area contributed by atoms with Crippen LogP contribution in [-0.4, -0.2) is 45.6 Å². The molecule has 0 atom stereocenters. The molecule has 2 heterocycles. The second-order valence-corrected chi connectivity index (χ2v) is 10.5. The highest BCUT2D eigenvalue weighted by Crippen LogP contribution is 2.40. The summed E-state index contributed by atoms with van der Waals surface area (Å²) in [4.78, 5) is 13.0. The summed E-state index contributed by atoms with van der Waals surface area (Å²) < 4.78 is 8.67. The molecule has 7 heteroatoms. The van der Waals surface area contributed by atoms with Crippen molar-refractivity contribution in [2.45, 2.75) is 43.7 Å². The Morgan fingerprint density at radius 2 is 1.79 bits per heavy atom. The lowest BCUT2D eigenvalue weighted by atomic mass is 9.73. The monoisotopic (exact) mass is 506 g/mol. The number of likely N-dealkylation sites (tertiary alicyclic amines) is 1. The van der Waals surface area contributed by atoms with E-state index in [0.717, 1.165) is 53.3 Å². The van der Waals surface area contributed by atoms with E-state index in [2.05, 4.69) is 35.0 Å². The molecule has 7 nitrogen and oxygen atoms in total. The van der Waals surface area contributed by atoms with Crippen LogP contribution in [0.5, 0.6) is 0 Å².